The van der Waals surface area contributed by atoms with E-state index in [1.807, 2.05) is 6.07 Å². The summed E-state index contributed by atoms with van der Waals surface area (Å²) in [5.74, 6) is 0.169. The SMILES string of the molecule is COc1c(CC#N)cc(C(F)F)nc1Cl. The summed E-state index contributed by atoms with van der Waals surface area (Å²) in [7, 11) is 1.34. The lowest BCUT2D eigenvalue weighted by molar-refractivity contribution is 0.146. The first-order chi connectivity index (χ1) is 7.10. The molecule has 80 valence electrons. The van der Waals surface area contributed by atoms with Crippen LogP contribution in [0.25, 0.3) is 0 Å². The first-order valence-corrected chi connectivity index (χ1v) is 4.36. The van der Waals surface area contributed by atoms with Gasteiger partial charge in [0, 0.05) is 5.56 Å². The molecule has 0 aliphatic rings. The Morgan fingerprint density at radius 1 is 1.67 bits per heavy atom. The molecule has 15 heavy (non-hydrogen) atoms. The van der Waals surface area contributed by atoms with Crippen LogP contribution in [0.15, 0.2) is 6.07 Å². The number of hydrogen-bond acceptors (Lipinski definition) is 3. The van der Waals surface area contributed by atoms with Crippen molar-refractivity contribution in [3.05, 3.63) is 22.5 Å². The van der Waals surface area contributed by atoms with Crippen LogP contribution >= 0.6 is 11.6 Å². The Morgan fingerprint density at radius 2 is 2.33 bits per heavy atom. The average molecular weight is 233 g/mol. The van der Waals surface area contributed by atoms with E-state index < -0.39 is 12.1 Å². The summed E-state index contributed by atoms with van der Waals surface area (Å²) >= 11 is 5.64. The number of pyridine rings is 1. The summed E-state index contributed by atoms with van der Waals surface area (Å²) in [6, 6.07) is 2.96. The van der Waals surface area contributed by atoms with Crippen molar-refractivity contribution in [3.8, 4) is 11.8 Å². The molecular weight excluding hydrogens is 226 g/mol. The minimum absolute atomic E-state index is 0.0505. The fourth-order valence-electron chi connectivity index (χ4n) is 1.12. The topological polar surface area (TPSA) is 45.9 Å². The smallest absolute Gasteiger partial charge is 0.280 e. The van der Waals surface area contributed by atoms with E-state index in [0.717, 1.165) is 6.07 Å². The summed E-state index contributed by atoms with van der Waals surface area (Å²) in [5, 5.41) is 8.35. The molecule has 1 aromatic rings. The molecule has 1 heterocycles. The molecule has 0 saturated carbocycles. The van der Waals surface area contributed by atoms with Gasteiger partial charge < -0.3 is 4.74 Å². The molecule has 0 aromatic carbocycles. The zero-order valence-electron chi connectivity index (χ0n) is 7.80. The van der Waals surface area contributed by atoms with Crippen LogP contribution in [0.4, 0.5) is 8.78 Å². The molecule has 0 spiro atoms. The molecule has 3 nitrogen and oxygen atoms in total. The molecule has 0 radical (unpaired) electrons. The monoisotopic (exact) mass is 232 g/mol. The van der Waals surface area contributed by atoms with Crippen LogP contribution in [0.2, 0.25) is 5.15 Å². The van der Waals surface area contributed by atoms with E-state index in [0.29, 0.717) is 5.56 Å². The van der Waals surface area contributed by atoms with E-state index in [-0.39, 0.29) is 17.3 Å². The summed E-state index contributed by atoms with van der Waals surface area (Å²) < 4.78 is 29.6. The Bertz CT molecular complexity index is 404. The summed E-state index contributed by atoms with van der Waals surface area (Å²) in [5.41, 5.74) is -0.138. The molecule has 0 unspecified atom stereocenters. The summed E-state index contributed by atoms with van der Waals surface area (Å²) in [6.07, 6.45) is -2.77. The predicted octanol–water partition coefficient (Wildman–Crippen LogP) is 2.75. The Balaban J connectivity index is 3.26. The van der Waals surface area contributed by atoms with Crippen LogP contribution in [-0.2, 0) is 6.42 Å². The molecule has 0 saturated heterocycles. The molecule has 0 fully saturated rings. The molecule has 0 aliphatic carbocycles. The van der Waals surface area contributed by atoms with Gasteiger partial charge in [0.25, 0.3) is 6.43 Å². The second-order valence-electron chi connectivity index (χ2n) is 2.67. The predicted molar refractivity (Wildman–Crippen MR) is 50.1 cm³/mol. The highest BCUT2D eigenvalue weighted by atomic mass is 35.5. The molecule has 0 N–H and O–H groups in total. The van der Waals surface area contributed by atoms with Gasteiger partial charge in [-0.1, -0.05) is 11.6 Å². The highest BCUT2D eigenvalue weighted by molar-refractivity contribution is 6.31. The number of ether oxygens (including phenoxy) is 1. The van der Waals surface area contributed by atoms with Gasteiger partial charge in [-0.3, -0.25) is 0 Å². The fraction of sp³-hybridized carbons (Fsp3) is 0.333. The van der Waals surface area contributed by atoms with Gasteiger partial charge in [-0.2, -0.15) is 5.26 Å². The van der Waals surface area contributed by atoms with Crippen molar-refractivity contribution in [2.45, 2.75) is 12.8 Å². The Morgan fingerprint density at radius 3 is 2.80 bits per heavy atom. The van der Waals surface area contributed by atoms with Gasteiger partial charge in [0.05, 0.1) is 19.6 Å². The highest BCUT2D eigenvalue weighted by Crippen LogP contribution is 2.30. The molecule has 0 amide bonds. The standard InChI is InChI=1S/C9H7ClF2N2O/c1-15-7-5(2-3-13)4-6(9(11)12)14-8(7)10/h4,9H,2H2,1H3. The lowest BCUT2D eigenvalue weighted by Crippen LogP contribution is -1.99. The summed E-state index contributed by atoms with van der Waals surface area (Å²) in [6.45, 7) is 0. The normalized spacial score (nSPS) is 10.1. The molecule has 0 aliphatic heterocycles. The van der Waals surface area contributed by atoms with Gasteiger partial charge in [-0.25, -0.2) is 13.8 Å². The Kier molecular flexibility index (Phi) is 3.81. The van der Waals surface area contributed by atoms with Crippen molar-refractivity contribution in [1.29, 1.82) is 5.26 Å². The lowest BCUT2D eigenvalue weighted by Gasteiger charge is -2.09. The van der Waals surface area contributed by atoms with Crippen LogP contribution in [0, 0.1) is 11.3 Å². The number of alkyl halides is 2. The van der Waals surface area contributed by atoms with Gasteiger partial charge in [0.2, 0.25) is 0 Å². The zero-order chi connectivity index (χ0) is 11.4. The van der Waals surface area contributed by atoms with Gasteiger partial charge in [0.15, 0.2) is 10.9 Å². The first-order valence-electron chi connectivity index (χ1n) is 3.98. The van der Waals surface area contributed by atoms with Crippen molar-refractivity contribution in [1.82, 2.24) is 4.98 Å². The van der Waals surface area contributed by atoms with E-state index in [1.54, 1.807) is 0 Å². The second-order valence-corrected chi connectivity index (χ2v) is 3.02. The Labute approximate surface area is 90.3 Å². The van der Waals surface area contributed by atoms with E-state index in [2.05, 4.69) is 4.98 Å². The van der Waals surface area contributed by atoms with Gasteiger partial charge in [0.1, 0.15) is 5.69 Å². The molecule has 1 aromatic heterocycles. The van der Waals surface area contributed by atoms with Crippen LogP contribution in [0.3, 0.4) is 0 Å². The van der Waals surface area contributed by atoms with E-state index >= 15 is 0 Å². The number of nitriles is 1. The van der Waals surface area contributed by atoms with Crippen molar-refractivity contribution in [3.63, 3.8) is 0 Å². The minimum Gasteiger partial charge on any atom is -0.493 e. The van der Waals surface area contributed by atoms with Gasteiger partial charge >= 0.3 is 0 Å². The second kappa shape index (κ2) is 4.89. The van der Waals surface area contributed by atoms with E-state index in [9.17, 15) is 8.78 Å². The maximum Gasteiger partial charge on any atom is 0.280 e. The van der Waals surface area contributed by atoms with E-state index in [4.69, 9.17) is 21.6 Å². The number of halogens is 3. The van der Waals surface area contributed by atoms with Crippen molar-refractivity contribution in [2.75, 3.05) is 7.11 Å². The number of methoxy groups -OCH3 is 1. The maximum atomic E-state index is 12.4. The van der Waals surface area contributed by atoms with Crippen molar-refractivity contribution < 1.29 is 13.5 Å². The van der Waals surface area contributed by atoms with Crippen LogP contribution in [-0.4, -0.2) is 12.1 Å². The lowest BCUT2D eigenvalue weighted by atomic mass is 10.1. The number of hydrogen-bond donors (Lipinski definition) is 0. The maximum absolute atomic E-state index is 12.4. The quantitative estimate of drug-likeness (QED) is 0.753. The van der Waals surface area contributed by atoms with Gasteiger partial charge in [-0.05, 0) is 6.07 Å². The van der Waals surface area contributed by atoms with Crippen LogP contribution < -0.4 is 4.74 Å². The van der Waals surface area contributed by atoms with Crippen molar-refractivity contribution in [2.24, 2.45) is 0 Å². The van der Waals surface area contributed by atoms with Crippen molar-refractivity contribution >= 4 is 11.6 Å². The summed E-state index contributed by atoms with van der Waals surface area (Å²) in [4.78, 5) is 3.47. The highest BCUT2D eigenvalue weighted by Gasteiger charge is 2.16. The first kappa shape index (κ1) is 11.7. The molecule has 0 atom stereocenters. The third-order valence-electron chi connectivity index (χ3n) is 1.73. The van der Waals surface area contributed by atoms with Crippen LogP contribution in [0.5, 0.6) is 5.75 Å². The largest absolute Gasteiger partial charge is 0.493 e. The molecule has 1 rings (SSSR count). The minimum atomic E-state index is -2.72. The fourth-order valence-corrected chi connectivity index (χ4v) is 1.41. The van der Waals surface area contributed by atoms with E-state index in [1.165, 1.54) is 7.11 Å². The molecule has 0 bridgehead atoms. The third kappa shape index (κ3) is 2.54. The van der Waals surface area contributed by atoms with Crippen LogP contribution in [0.1, 0.15) is 17.7 Å². The third-order valence-corrected chi connectivity index (χ3v) is 1.98. The average Bonchev–Trinajstić information content (AvgIpc) is 2.17. The number of rotatable bonds is 3. The number of aromatic nitrogens is 1. The Hall–Kier alpha value is -1.41. The number of nitrogens with zero attached hydrogens (tertiary/aromatic N) is 2. The zero-order valence-corrected chi connectivity index (χ0v) is 8.55. The van der Waals surface area contributed by atoms with Gasteiger partial charge in [-0.15, -0.1) is 0 Å². The molecule has 6 heteroatoms. The molecular formula is C9H7ClF2N2O.